The quantitative estimate of drug-likeness (QED) is 0.745. The second-order valence-corrected chi connectivity index (χ2v) is 6.00. The zero-order valence-corrected chi connectivity index (χ0v) is 14.2. The van der Waals surface area contributed by atoms with Crippen LogP contribution in [0.3, 0.4) is 0 Å². The van der Waals surface area contributed by atoms with Gasteiger partial charge in [0.1, 0.15) is 6.04 Å². The summed E-state index contributed by atoms with van der Waals surface area (Å²) >= 11 is 0. The smallest absolute Gasteiger partial charge is 0.338 e. The maximum atomic E-state index is 12.6. The van der Waals surface area contributed by atoms with E-state index in [2.05, 4.69) is 16.2 Å². The summed E-state index contributed by atoms with van der Waals surface area (Å²) in [6.45, 7) is 1.79. The molecule has 25 heavy (non-hydrogen) atoms. The molecule has 2 aromatic rings. The molecule has 0 radical (unpaired) electrons. The molecule has 2 atom stereocenters. The van der Waals surface area contributed by atoms with E-state index in [1.54, 1.807) is 25.1 Å². The minimum absolute atomic E-state index is 0.0828. The SMILES string of the molecule is COC(=O)c1cccc(NC(=O)C2CC(c3ccccc3)NN2)c1C. The molecular weight excluding hydrogens is 318 g/mol. The molecule has 130 valence electrons. The van der Waals surface area contributed by atoms with E-state index in [1.165, 1.54) is 7.11 Å². The number of anilines is 1. The van der Waals surface area contributed by atoms with Crippen LogP contribution in [0.1, 0.15) is 33.9 Å². The van der Waals surface area contributed by atoms with Crippen LogP contribution >= 0.6 is 0 Å². The van der Waals surface area contributed by atoms with Crippen LogP contribution in [0.2, 0.25) is 0 Å². The monoisotopic (exact) mass is 339 g/mol. The van der Waals surface area contributed by atoms with E-state index >= 15 is 0 Å². The summed E-state index contributed by atoms with van der Waals surface area (Å²) in [5.41, 5.74) is 9.07. The summed E-state index contributed by atoms with van der Waals surface area (Å²) < 4.78 is 4.77. The summed E-state index contributed by atoms with van der Waals surface area (Å²) in [6, 6.07) is 14.9. The molecule has 2 unspecified atom stereocenters. The van der Waals surface area contributed by atoms with Crippen molar-refractivity contribution in [3.8, 4) is 0 Å². The third kappa shape index (κ3) is 3.70. The van der Waals surface area contributed by atoms with Crippen LogP contribution in [0, 0.1) is 6.92 Å². The van der Waals surface area contributed by atoms with Crippen LogP contribution in [-0.2, 0) is 9.53 Å². The van der Waals surface area contributed by atoms with E-state index in [0.29, 0.717) is 23.2 Å². The van der Waals surface area contributed by atoms with Crippen molar-refractivity contribution in [2.75, 3.05) is 12.4 Å². The average molecular weight is 339 g/mol. The first-order chi connectivity index (χ1) is 12.1. The molecule has 0 bridgehead atoms. The number of hydrogen-bond acceptors (Lipinski definition) is 5. The third-order valence-electron chi connectivity index (χ3n) is 4.42. The first kappa shape index (κ1) is 17.1. The molecule has 1 heterocycles. The Labute approximate surface area is 146 Å². The first-order valence-electron chi connectivity index (χ1n) is 8.15. The molecule has 1 aliphatic heterocycles. The lowest BCUT2D eigenvalue weighted by molar-refractivity contribution is -0.117. The molecule has 6 nitrogen and oxygen atoms in total. The van der Waals surface area contributed by atoms with E-state index in [4.69, 9.17) is 4.74 Å². The van der Waals surface area contributed by atoms with E-state index in [-0.39, 0.29) is 18.0 Å². The molecule has 6 heteroatoms. The molecule has 3 N–H and O–H groups in total. The highest BCUT2D eigenvalue weighted by Gasteiger charge is 2.30. The Morgan fingerprint density at radius 3 is 2.56 bits per heavy atom. The van der Waals surface area contributed by atoms with Gasteiger partial charge in [0.05, 0.1) is 12.7 Å². The molecule has 0 aromatic heterocycles. The van der Waals surface area contributed by atoms with Gasteiger partial charge in [-0.3, -0.25) is 4.79 Å². The number of carbonyl (C=O) groups is 2. The van der Waals surface area contributed by atoms with Crippen molar-refractivity contribution in [2.24, 2.45) is 0 Å². The Kier molecular flexibility index (Phi) is 5.11. The van der Waals surface area contributed by atoms with Crippen molar-refractivity contribution in [3.63, 3.8) is 0 Å². The fourth-order valence-corrected chi connectivity index (χ4v) is 2.95. The molecule has 1 fully saturated rings. The predicted molar refractivity (Wildman–Crippen MR) is 95.0 cm³/mol. The van der Waals surface area contributed by atoms with Crippen molar-refractivity contribution >= 4 is 17.6 Å². The van der Waals surface area contributed by atoms with E-state index in [9.17, 15) is 9.59 Å². The second-order valence-electron chi connectivity index (χ2n) is 6.00. The third-order valence-corrected chi connectivity index (χ3v) is 4.42. The standard InChI is InChI=1S/C19H21N3O3/c1-12-14(19(24)25-2)9-6-10-15(12)20-18(23)17-11-16(21-22-17)13-7-4-3-5-8-13/h3-10,16-17,21-22H,11H2,1-2H3,(H,20,23). The lowest BCUT2D eigenvalue weighted by Crippen LogP contribution is -2.39. The highest BCUT2D eigenvalue weighted by Crippen LogP contribution is 2.24. The topological polar surface area (TPSA) is 79.5 Å². The Balaban J connectivity index is 1.68. The molecule has 0 saturated carbocycles. The number of ether oxygens (including phenoxy) is 1. The number of hydrazine groups is 1. The highest BCUT2D eigenvalue weighted by molar-refractivity contribution is 5.98. The lowest BCUT2D eigenvalue weighted by Gasteiger charge is -2.14. The summed E-state index contributed by atoms with van der Waals surface area (Å²) in [7, 11) is 1.34. The van der Waals surface area contributed by atoms with Gasteiger partial charge in [-0.25, -0.2) is 15.6 Å². The van der Waals surface area contributed by atoms with Gasteiger partial charge in [-0.1, -0.05) is 36.4 Å². The Hall–Kier alpha value is -2.70. The molecule has 0 aliphatic carbocycles. The minimum atomic E-state index is -0.418. The van der Waals surface area contributed by atoms with Gasteiger partial charge in [-0.05, 0) is 36.6 Å². The number of rotatable bonds is 4. The minimum Gasteiger partial charge on any atom is -0.465 e. The first-order valence-corrected chi connectivity index (χ1v) is 8.15. The van der Waals surface area contributed by atoms with Crippen molar-refractivity contribution in [1.82, 2.24) is 10.9 Å². The van der Waals surface area contributed by atoms with Crippen molar-refractivity contribution in [3.05, 3.63) is 65.2 Å². The summed E-state index contributed by atoms with van der Waals surface area (Å²) in [4.78, 5) is 24.3. The number of benzene rings is 2. The van der Waals surface area contributed by atoms with Gasteiger partial charge >= 0.3 is 5.97 Å². The number of methoxy groups -OCH3 is 1. The summed E-state index contributed by atoms with van der Waals surface area (Å²) in [6.07, 6.45) is 0.644. The van der Waals surface area contributed by atoms with E-state index < -0.39 is 5.97 Å². The summed E-state index contributed by atoms with van der Waals surface area (Å²) in [5, 5.41) is 2.89. The highest BCUT2D eigenvalue weighted by atomic mass is 16.5. The molecular formula is C19H21N3O3. The van der Waals surface area contributed by atoms with Crippen LogP contribution in [0.15, 0.2) is 48.5 Å². The Bertz CT molecular complexity index is 777. The fourth-order valence-electron chi connectivity index (χ4n) is 2.95. The van der Waals surface area contributed by atoms with E-state index in [1.807, 2.05) is 30.3 Å². The largest absolute Gasteiger partial charge is 0.465 e. The van der Waals surface area contributed by atoms with E-state index in [0.717, 1.165) is 5.56 Å². The Morgan fingerprint density at radius 1 is 1.08 bits per heavy atom. The zero-order chi connectivity index (χ0) is 17.8. The number of nitrogens with one attached hydrogen (secondary N) is 3. The molecule has 3 rings (SSSR count). The fraction of sp³-hybridized carbons (Fsp3) is 0.263. The maximum absolute atomic E-state index is 12.6. The van der Waals surface area contributed by atoms with Gasteiger partial charge in [-0.15, -0.1) is 0 Å². The van der Waals surface area contributed by atoms with Gasteiger partial charge in [0.2, 0.25) is 5.91 Å². The van der Waals surface area contributed by atoms with Gasteiger partial charge in [-0.2, -0.15) is 0 Å². The van der Waals surface area contributed by atoms with Crippen molar-refractivity contribution < 1.29 is 14.3 Å². The number of hydrogen-bond donors (Lipinski definition) is 3. The second kappa shape index (κ2) is 7.46. The van der Waals surface area contributed by atoms with Crippen LogP contribution in [0.4, 0.5) is 5.69 Å². The van der Waals surface area contributed by atoms with Gasteiger partial charge < -0.3 is 10.1 Å². The normalized spacial score (nSPS) is 19.4. The zero-order valence-electron chi connectivity index (χ0n) is 14.2. The van der Waals surface area contributed by atoms with Crippen molar-refractivity contribution in [2.45, 2.75) is 25.4 Å². The molecule has 1 amide bonds. The lowest BCUT2D eigenvalue weighted by atomic mass is 10.0. The van der Waals surface area contributed by atoms with Crippen molar-refractivity contribution in [1.29, 1.82) is 0 Å². The number of esters is 1. The van der Waals surface area contributed by atoms with Gasteiger partial charge in [0.25, 0.3) is 0 Å². The van der Waals surface area contributed by atoms with Gasteiger partial charge in [0, 0.05) is 11.7 Å². The Morgan fingerprint density at radius 2 is 1.84 bits per heavy atom. The molecule has 1 aliphatic rings. The van der Waals surface area contributed by atoms with Crippen LogP contribution < -0.4 is 16.2 Å². The molecule has 0 spiro atoms. The average Bonchev–Trinajstić information content (AvgIpc) is 3.14. The molecule has 2 aromatic carbocycles. The van der Waals surface area contributed by atoms with Crippen LogP contribution in [-0.4, -0.2) is 25.0 Å². The van der Waals surface area contributed by atoms with Crippen LogP contribution in [0.25, 0.3) is 0 Å². The molecule has 1 saturated heterocycles. The number of amides is 1. The summed E-state index contributed by atoms with van der Waals surface area (Å²) in [5.74, 6) is -0.561. The number of carbonyl (C=O) groups excluding carboxylic acids is 2. The predicted octanol–water partition coefficient (Wildman–Crippen LogP) is 2.33. The van der Waals surface area contributed by atoms with Crippen LogP contribution in [0.5, 0.6) is 0 Å². The van der Waals surface area contributed by atoms with Gasteiger partial charge in [0.15, 0.2) is 0 Å². The maximum Gasteiger partial charge on any atom is 0.338 e.